The lowest BCUT2D eigenvalue weighted by atomic mass is 10.2. The molecule has 0 saturated heterocycles. The standard InChI is InChI=1S/C8H10F3N3/c1-12-5-3-7(8(9,10)11)14-4-6(5)13-2/h3-4,13H,1-2H3,(H,12,14). The maximum atomic E-state index is 12.2. The summed E-state index contributed by atoms with van der Waals surface area (Å²) in [6.45, 7) is 0. The lowest BCUT2D eigenvalue weighted by molar-refractivity contribution is -0.141. The highest BCUT2D eigenvalue weighted by atomic mass is 19.4. The molecule has 0 amide bonds. The molecule has 1 aromatic heterocycles. The number of anilines is 2. The minimum atomic E-state index is -4.40. The number of halogens is 3. The second kappa shape index (κ2) is 3.73. The second-order valence-corrected chi connectivity index (χ2v) is 2.61. The first kappa shape index (κ1) is 10.6. The van der Waals surface area contributed by atoms with Crippen molar-refractivity contribution in [1.29, 1.82) is 0 Å². The van der Waals surface area contributed by atoms with Crippen LogP contribution >= 0.6 is 0 Å². The first-order chi connectivity index (χ1) is 6.49. The van der Waals surface area contributed by atoms with Gasteiger partial charge in [0.15, 0.2) is 0 Å². The van der Waals surface area contributed by atoms with Crippen LogP contribution in [0.25, 0.3) is 0 Å². The lowest BCUT2D eigenvalue weighted by Gasteiger charge is -2.11. The van der Waals surface area contributed by atoms with Crippen LogP contribution in [0.5, 0.6) is 0 Å². The van der Waals surface area contributed by atoms with E-state index in [1.807, 2.05) is 0 Å². The van der Waals surface area contributed by atoms with Crippen LogP contribution in [-0.2, 0) is 6.18 Å². The highest BCUT2D eigenvalue weighted by Gasteiger charge is 2.32. The molecule has 0 radical (unpaired) electrons. The molecular weight excluding hydrogens is 195 g/mol. The molecule has 14 heavy (non-hydrogen) atoms. The zero-order chi connectivity index (χ0) is 10.8. The SMILES string of the molecule is CNc1cnc(C(F)(F)F)cc1NC. The summed E-state index contributed by atoms with van der Waals surface area (Å²) in [5.74, 6) is 0. The summed E-state index contributed by atoms with van der Waals surface area (Å²) < 4.78 is 36.7. The third kappa shape index (κ3) is 2.07. The van der Waals surface area contributed by atoms with Gasteiger partial charge in [0.05, 0.1) is 17.6 Å². The number of hydrogen-bond donors (Lipinski definition) is 2. The Morgan fingerprint density at radius 3 is 2.14 bits per heavy atom. The molecule has 0 bridgehead atoms. The van der Waals surface area contributed by atoms with E-state index in [2.05, 4.69) is 15.6 Å². The van der Waals surface area contributed by atoms with E-state index in [1.165, 1.54) is 0 Å². The van der Waals surface area contributed by atoms with Gasteiger partial charge in [0.1, 0.15) is 5.69 Å². The fourth-order valence-corrected chi connectivity index (χ4v) is 1.02. The molecule has 0 aliphatic rings. The quantitative estimate of drug-likeness (QED) is 0.777. The van der Waals surface area contributed by atoms with Crippen molar-refractivity contribution >= 4 is 11.4 Å². The number of hydrogen-bond acceptors (Lipinski definition) is 3. The topological polar surface area (TPSA) is 37.0 Å². The number of alkyl halides is 3. The van der Waals surface area contributed by atoms with Crippen LogP contribution in [0, 0.1) is 0 Å². The molecule has 0 spiro atoms. The predicted octanol–water partition coefficient (Wildman–Crippen LogP) is 2.18. The lowest BCUT2D eigenvalue weighted by Crippen LogP contribution is -2.09. The maximum Gasteiger partial charge on any atom is 0.433 e. The van der Waals surface area contributed by atoms with Crippen LogP contribution in [0.3, 0.4) is 0 Å². The van der Waals surface area contributed by atoms with Crippen molar-refractivity contribution in [3.8, 4) is 0 Å². The number of nitrogens with zero attached hydrogens (tertiary/aromatic N) is 1. The molecule has 3 nitrogen and oxygen atoms in total. The Labute approximate surface area is 79.3 Å². The van der Waals surface area contributed by atoms with Crippen LogP contribution in [0.2, 0.25) is 0 Å². The van der Waals surface area contributed by atoms with Gasteiger partial charge >= 0.3 is 6.18 Å². The number of rotatable bonds is 2. The molecule has 2 N–H and O–H groups in total. The van der Waals surface area contributed by atoms with Gasteiger partial charge in [-0.3, -0.25) is 0 Å². The highest BCUT2D eigenvalue weighted by Crippen LogP contribution is 2.31. The molecule has 1 rings (SSSR count). The molecule has 0 saturated carbocycles. The number of nitrogens with one attached hydrogen (secondary N) is 2. The van der Waals surface area contributed by atoms with Gasteiger partial charge in [0, 0.05) is 14.1 Å². The molecule has 0 atom stereocenters. The van der Waals surface area contributed by atoms with Gasteiger partial charge in [-0.15, -0.1) is 0 Å². The van der Waals surface area contributed by atoms with E-state index >= 15 is 0 Å². The molecule has 78 valence electrons. The van der Waals surface area contributed by atoms with Crippen molar-refractivity contribution in [2.75, 3.05) is 24.7 Å². The van der Waals surface area contributed by atoms with E-state index in [0.717, 1.165) is 12.3 Å². The smallest absolute Gasteiger partial charge is 0.386 e. The minimum Gasteiger partial charge on any atom is -0.386 e. The first-order valence-electron chi connectivity index (χ1n) is 3.91. The number of pyridine rings is 1. The van der Waals surface area contributed by atoms with Gasteiger partial charge in [-0.25, -0.2) is 4.98 Å². The Kier molecular flexibility index (Phi) is 2.83. The fourth-order valence-electron chi connectivity index (χ4n) is 1.02. The maximum absolute atomic E-state index is 12.2. The van der Waals surface area contributed by atoms with Crippen LogP contribution in [0.1, 0.15) is 5.69 Å². The molecule has 1 heterocycles. The van der Waals surface area contributed by atoms with Gasteiger partial charge in [-0.2, -0.15) is 13.2 Å². The van der Waals surface area contributed by atoms with Crippen molar-refractivity contribution < 1.29 is 13.2 Å². The Balaban J connectivity index is 3.14. The van der Waals surface area contributed by atoms with Gasteiger partial charge in [-0.05, 0) is 6.07 Å². The van der Waals surface area contributed by atoms with E-state index in [-0.39, 0.29) is 0 Å². The van der Waals surface area contributed by atoms with Crippen molar-refractivity contribution in [2.45, 2.75) is 6.18 Å². The Morgan fingerprint density at radius 1 is 1.14 bits per heavy atom. The van der Waals surface area contributed by atoms with E-state index in [4.69, 9.17) is 0 Å². The third-order valence-electron chi connectivity index (χ3n) is 1.73. The summed E-state index contributed by atoms with van der Waals surface area (Å²) in [5, 5.41) is 5.39. The van der Waals surface area contributed by atoms with Crippen molar-refractivity contribution in [2.24, 2.45) is 0 Å². The van der Waals surface area contributed by atoms with E-state index < -0.39 is 11.9 Å². The van der Waals surface area contributed by atoms with Crippen LogP contribution in [0.15, 0.2) is 12.3 Å². The van der Waals surface area contributed by atoms with E-state index in [0.29, 0.717) is 11.4 Å². The molecule has 0 unspecified atom stereocenters. The second-order valence-electron chi connectivity index (χ2n) is 2.61. The minimum absolute atomic E-state index is 0.370. The molecule has 0 aliphatic carbocycles. The summed E-state index contributed by atoms with van der Waals surface area (Å²) in [6.07, 6.45) is -3.26. The Hall–Kier alpha value is -1.46. The average Bonchev–Trinajstić information content (AvgIpc) is 2.15. The Morgan fingerprint density at radius 2 is 1.71 bits per heavy atom. The molecule has 0 fully saturated rings. The Bertz CT molecular complexity index is 322. The van der Waals surface area contributed by atoms with Gasteiger partial charge in [0.2, 0.25) is 0 Å². The van der Waals surface area contributed by atoms with Crippen molar-refractivity contribution in [3.05, 3.63) is 18.0 Å². The zero-order valence-corrected chi connectivity index (χ0v) is 7.74. The van der Waals surface area contributed by atoms with Gasteiger partial charge in [-0.1, -0.05) is 0 Å². The summed E-state index contributed by atoms with van der Waals surface area (Å²) in [5.41, 5.74) is -0.00354. The highest BCUT2D eigenvalue weighted by molar-refractivity contribution is 5.67. The van der Waals surface area contributed by atoms with Gasteiger partial charge < -0.3 is 10.6 Å². The zero-order valence-electron chi connectivity index (χ0n) is 7.74. The van der Waals surface area contributed by atoms with E-state index in [1.54, 1.807) is 14.1 Å². The summed E-state index contributed by atoms with van der Waals surface area (Å²) in [6, 6.07) is 0.964. The van der Waals surface area contributed by atoms with Crippen molar-refractivity contribution in [1.82, 2.24) is 4.98 Å². The van der Waals surface area contributed by atoms with Gasteiger partial charge in [0.25, 0.3) is 0 Å². The largest absolute Gasteiger partial charge is 0.433 e. The molecule has 0 aromatic carbocycles. The molecule has 0 aliphatic heterocycles. The number of aromatic nitrogens is 1. The summed E-state index contributed by atoms with van der Waals surface area (Å²) in [4.78, 5) is 3.30. The summed E-state index contributed by atoms with van der Waals surface area (Å²) in [7, 11) is 3.17. The molecular formula is C8H10F3N3. The third-order valence-corrected chi connectivity index (χ3v) is 1.73. The normalized spacial score (nSPS) is 11.2. The monoisotopic (exact) mass is 205 g/mol. The van der Waals surface area contributed by atoms with Crippen LogP contribution in [0.4, 0.5) is 24.5 Å². The fraction of sp³-hybridized carbons (Fsp3) is 0.375. The van der Waals surface area contributed by atoms with Crippen LogP contribution < -0.4 is 10.6 Å². The predicted molar refractivity (Wildman–Crippen MR) is 48.3 cm³/mol. The van der Waals surface area contributed by atoms with Crippen molar-refractivity contribution in [3.63, 3.8) is 0 Å². The van der Waals surface area contributed by atoms with Crippen LogP contribution in [-0.4, -0.2) is 19.1 Å². The first-order valence-corrected chi connectivity index (χ1v) is 3.91. The average molecular weight is 205 g/mol. The molecule has 1 aromatic rings. The molecule has 6 heteroatoms. The van der Waals surface area contributed by atoms with E-state index in [9.17, 15) is 13.2 Å². The summed E-state index contributed by atoms with van der Waals surface area (Å²) >= 11 is 0.